The monoisotopic (exact) mass is 430 g/mol. The summed E-state index contributed by atoms with van der Waals surface area (Å²) in [6.45, 7) is 1.05. The van der Waals surface area contributed by atoms with Gasteiger partial charge in [-0.05, 0) is 54.2 Å². The lowest BCUT2D eigenvalue weighted by Crippen LogP contribution is -2.32. The number of benzene rings is 3. The van der Waals surface area contributed by atoms with Crippen molar-refractivity contribution in [1.82, 2.24) is 0 Å². The Hall–Kier alpha value is -3.80. The molecule has 0 spiro atoms. The van der Waals surface area contributed by atoms with Crippen molar-refractivity contribution < 1.29 is 19.4 Å². The summed E-state index contributed by atoms with van der Waals surface area (Å²) in [6, 6.07) is 24.6. The van der Waals surface area contributed by atoms with E-state index in [1.807, 2.05) is 72.8 Å². The van der Waals surface area contributed by atoms with Gasteiger partial charge in [-0.2, -0.15) is 0 Å². The number of carboxylic acid groups (broad SMARTS) is 1. The van der Waals surface area contributed by atoms with Crippen LogP contribution < -0.4 is 9.80 Å². The van der Waals surface area contributed by atoms with Gasteiger partial charge in [0.15, 0.2) is 0 Å². The summed E-state index contributed by atoms with van der Waals surface area (Å²) in [4.78, 5) is 27.8. The lowest BCUT2D eigenvalue weighted by Gasteiger charge is -2.25. The molecule has 6 nitrogen and oxygen atoms in total. The maximum atomic E-state index is 12.9. The number of carbonyl (C=O) groups is 2. The number of hydrogen-bond donors (Lipinski definition) is 1. The summed E-state index contributed by atoms with van der Waals surface area (Å²) in [7, 11) is 0. The zero-order chi connectivity index (χ0) is 22.3. The molecule has 0 fully saturated rings. The van der Waals surface area contributed by atoms with Crippen molar-refractivity contribution in [2.75, 3.05) is 16.3 Å². The van der Waals surface area contributed by atoms with E-state index in [9.17, 15) is 14.7 Å². The second kappa shape index (κ2) is 10.0. The largest absolute Gasteiger partial charge is 0.465 e. The highest BCUT2D eigenvalue weighted by atomic mass is 16.6. The van der Waals surface area contributed by atoms with Crippen molar-refractivity contribution in [3.05, 3.63) is 95.6 Å². The third kappa shape index (κ3) is 5.09. The predicted molar refractivity (Wildman–Crippen MR) is 124 cm³/mol. The second-order valence-corrected chi connectivity index (χ2v) is 7.82. The van der Waals surface area contributed by atoms with Crippen LogP contribution in [0.15, 0.2) is 78.9 Å². The molecule has 6 heteroatoms. The lowest BCUT2D eigenvalue weighted by molar-refractivity contribution is 0.147. The van der Waals surface area contributed by atoms with E-state index in [-0.39, 0.29) is 19.2 Å². The summed E-state index contributed by atoms with van der Waals surface area (Å²) in [5, 5.41) is 9.81. The normalized spacial score (nSPS) is 13.1. The molecule has 0 unspecified atom stereocenters. The van der Waals surface area contributed by atoms with Gasteiger partial charge in [0.25, 0.3) is 0 Å². The third-order valence-electron chi connectivity index (χ3n) is 5.58. The number of ether oxygens (including phenoxy) is 1. The predicted octanol–water partition coefficient (Wildman–Crippen LogP) is 5.85. The molecule has 0 saturated heterocycles. The van der Waals surface area contributed by atoms with Gasteiger partial charge in [-0.3, -0.25) is 9.80 Å². The number of fused-ring (bicyclic) bond motifs is 1. The number of rotatable bonds is 5. The van der Waals surface area contributed by atoms with Gasteiger partial charge in [0, 0.05) is 12.2 Å². The van der Waals surface area contributed by atoms with Gasteiger partial charge in [-0.15, -0.1) is 0 Å². The Kier molecular flexibility index (Phi) is 6.70. The van der Waals surface area contributed by atoms with Gasteiger partial charge in [-0.25, -0.2) is 9.59 Å². The van der Waals surface area contributed by atoms with Gasteiger partial charge in [0.05, 0.1) is 12.2 Å². The zero-order valence-corrected chi connectivity index (χ0v) is 17.8. The van der Waals surface area contributed by atoms with Crippen LogP contribution in [0.25, 0.3) is 0 Å². The number of carbonyl (C=O) groups excluding carboxylic acids is 1. The molecule has 0 radical (unpaired) electrons. The quantitative estimate of drug-likeness (QED) is 0.551. The molecule has 3 aromatic carbocycles. The van der Waals surface area contributed by atoms with Crippen molar-refractivity contribution in [2.45, 2.75) is 32.4 Å². The topological polar surface area (TPSA) is 70.1 Å². The summed E-state index contributed by atoms with van der Waals surface area (Å²) in [5.41, 5.74) is 4.19. The fourth-order valence-corrected chi connectivity index (χ4v) is 3.93. The molecule has 2 amide bonds. The Morgan fingerprint density at radius 3 is 2.28 bits per heavy atom. The molecule has 4 rings (SSSR count). The van der Waals surface area contributed by atoms with Crippen LogP contribution in [-0.4, -0.2) is 23.8 Å². The highest BCUT2D eigenvalue weighted by molar-refractivity contribution is 5.91. The molecule has 1 N–H and O–H groups in total. The van der Waals surface area contributed by atoms with Gasteiger partial charge < -0.3 is 9.84 Å². The summed E-state index contributed by atoms with van der Waals surface area (Å²) < 4.78 is 5.56. The Labute approximate surface area is 187 Å². The Bertz CT molecular complexity index is 1070. The standard InChI is InChI=1S/C26H26N2O4/c29-25(30)28(18-20-9-3-1-4-10-20)23-14-15-24-22(17-23)13-7-8-16-27(24)26(31)32-19-21-11-5-2-6-12-21/h1-6,9-12,14-15,17H,7-8,13,16,18-19H2,(H,29,30). The SMILES string of the molecule is O=C(O)N(Cc1ccccc1)c1ccc2c(c1)CCCCN2C(=O)OCc1ccccc1. The van der Waals surface area contributed by atoms with Crippen LogP contribution >= 0.6 is 0 Å². The number of hydrogen-bond acceptors (Lipinski definition) is 3. The minimum atomic E-state index is -1.01. The summed E-state index contributed by atoms with van der Waals surface area (Å²) in [6.07, 6.45) is 1.16. The highest BCUT2D eigenvalue weighted by Gasteiger charge is 2.24. The van der Waals surface area contributed by atoms with Crippen LogP contribution in [0.3, 0.4) is 0 Å². The molecular formula is C26H26N2O4. The first-order valence-corrected chi connectivity index (χ1v) is 10.8. The van der Waals surface area contributed by atoms with Gasteiger partial charge in [0.2, 0.25) is 0 Å². The van der Waals surface area contributed by atoms with Crippen LogP contribution in [0.4, 0.5) is 21.0 Å². The van der Waals surface area contributed by atoms with E-state index in [1.165, 1.54) is 4.90 Å². The van der Waals surface area contributed by atoms with Crippen LogP contribution in [0.5, 0.6) is 0 Å². The highest BCUT2D eigenvalue weighted by Crippen LogP contribution is 2.31. The van der Waals surface area contributed by atoms with Crippen LogP contribution in [0.2, 0.25) is 0 Å². The Morgan fingerprint density at radius 1 is 0.906 bits per heavy atom. The molecule has 0 atom stereocenters. The van der Waals surface area contributed by atoms with Crippen molar-refractivity contribution >= 4 is 23.6 Å². The smallest absolute Gasteiger partial charge is 0.414 e. The zero-order valence-electron chi connectivity index (χ0n) is 17.8. The fourth-order valence-electron chi connectivity index (χ4n) is 3.93. The maximum Gasteiger partial charge on any atom is 0.414 e. The van der Waals surface area contributed by atoms with E-state index < -0.39 is 6.09 Å². The third-order valence-corrected chi connectivity index (χ3v) is 5.58. The minimum absolute atomic E-state index is 0.216. The van der Waals surface area contributed by atoms with E-state index >= 15 is 0 Å². The molecule has 0 saturated carbocycles. The first kappa shape index (κ1) is 21.4. The Morgan fingerprint density at radius 2 is 1.59 bits per heavy atom. The fraction of sp³-hybridized carbons (Fsp3) is 0.231. The van der Waals surface area contributed by atoms with E-state index in [2.05, 4.69) is 0 Å². The van der Waals surface area contributed by atoms with Gasteiger partial charge in [0.1, 0.15) is 6.61 Å². The lowest BCUT2D eigenvalue weighted by atomic mass is 10.1. The van der Waals surface area contributed by atoms with Crippen molar-refractivity contribution in [1.29, 1.82) is 0 Å². The van der Waals surface area contributed by atoms with E-state index in [4.69, 9.17) is 4.74 Å². The molecule has 0 bridgehead atoms. The van der Waals surface area contributed by atoms with Crippen molar-refractivity contribution in [3.63, 3.8) is 0 Å². The van der Waals surface area contributed by atoms with Crippen LogP contribution in [0, 0.1) is 0 Å². The minimum Gasteiger partial charge on any atom is -0.465 e. The van der Waals surface area contributed by atoms with Gasteiger partial charge >= 0.3 is 12.2 Å². The molecule has 164 valence electrons. The second-order valence-electron chi connectivity index (χ2n) is 7.82. The number of nitrogens with zero attached hydrogens (tertiary/aromatic N) is 2. The summed E-state index contributed by atoms with van der Waals surface area (Å²) >= 11 is 0. The van der Waals surface area contributed by atoms with E-state index in [0.29, 0.717) is 12.2 Å². The average molecular weight is 431 g/mol. The molecule has 1 heterocycles. The van der Waals surface area contributed by atoms with Gasteiger partial charge in [-0.1, -0.05) is 60.7 Å². The van der Waals surface area contributed by atoms with E-state index in [0.717, 1.165) is 41.6 Å². The van der Waals surface area contributed by atoms with E-state index in [1.54, 1.807) is 11.0 Å². The van der Waals surface area contributed by atoms with Crippen molar-refractivity contribution in [3.8, 4) is 0 Å². The molecular weight excluding hydrogens is 404 g/mol. The molecule has 32 heavy (non-hydrogen) atoms. The molecule has 1 aliphatic rings. The number of aryl methyl sites for hydroxylation is 1. The van der Waals surface area contributed by atoms with Crippen LogP contribution in [-0.2, 0) is 24.3 Å². The van der Waals surface area contributed by atoms with Crippen LogP contribution in [0.1, 0.15) is 29.5 Å². The first-order valence-electron chi connectivity index (χ1n) is 10.8. The number of amides is 2. The number of anilines is 2. The maximum absolute atomic E-state index is 12.9. The molecule has 0 aliphatic carbocycles. The average Bonchev–Trinajstić information content (AvgIpc) is 3.04. The molecule has 1 aliphatic heterocycles. The van der Waals surface area contributed by atoms with Crippen molar-refractivity contribution in [2.24, 2.45) is 0 Å². The summed E-state index contributed by atoms with van der Waals surface area (Å²) in [5.74, 6) is 0. The molecule has 0 aromatic heterocycles. The molecule has 3 aromatic rings. The Balaban J connectivity index is 1.55. The first-order chi connectivity index (χ1) is 15.6.